The summed E-state index contributed by atoms with van der Waals surface area (Å²) in [5.74, 6) is -0.542. The van der Waals surface area contributed by atoms with Gasteiger partial charge in [0.25, 0.3) is 5.91 Å². The molecule has 0 atom stereocenters. The third kappa shape index (κ3) is 3.50. The number of fused-ring (bicyclic) bond motifs is 1. The molecule has 0 aliphatic rings. The summed E-state index contributed by atoms with van der Waals surface area (Å²) in [5.41, 5.74) is 0.883. The van der Waals surface area contributed by atoms with E-state index in [-0.39, 0.29) is 10.5 Å². The van der Waals surface area contributed by atoms with Crippen LogP contribution in [0.1, 0.15) is 10.4 Å². The van der Waals surface area contributed by atoms with E-state index in [4.69, 9.17) is 23.2 Å². The highest BCUT2D eigenvalue weighted by Crippen LogP contribution is 2.31. The summed E-state index contributed by atoms with van der Waals surface area (Å²) in [7, 11) is -1.67. The van der Waals surface area contributed by atoms with E-state index in [2.05, 4.69) is 4.99 Å². The van der Waals surface area contributed by atoms with E-state index >= 15 is 0 Å². The van der Waals surface area contributed by atoms with Gasteiger partial charge in [-0.05, 0) is 30.3 Å². The van der Waals surface area contributed by atoms with Crippen LogP contribution in [-0.4, -0.2) is 25.1 Å². The summed E-state index contributed by atoms with van der Waals surface area (Å²) in [6.07, 6.45) is 1.09. The monoisotopic (exact) mass is 414 g/mol. The van der Waals surface area contributed by atoms with Crippen LogP contribution in [0.2, 0.25) is 10.0 Å². The molecule has 0 radical (unpaired) electrons. The smallest absolute Gasteiger partial charge is 0.279 e. The summed E-state index contributed by atoms with van der Waals surface area (Å²) in [5, 5.41) is 1.03. The summed E-state index contributed by atoms with van der Waals surface area (Å²) >= 11 is 13.6. The van der Waals surface area contributed by atoms with E-state index in [1.807, 2.05) is 0 Å². The van der Waals surface area contributed by atoms with Crippen molar-refractivity contribution < 1.29 is 13.2 Å². The third-order valence-corrected chi connectivity index (χ3v) is 6.56. The lowest BCUT2D eigenvalue weighted by atomic mass is 10.2. The molecule has 0 spiro atoms. The van der Waals surface area contributed by atoms with Gasteiger partial charge in [0.2, 0.25) is 0 Å². The van der Waals surface area contributed by atoms with Gasteiger partial charge in [0.15, 0.2) is 14.6 Å². The number of rotatable bonds is 2. The Kier molecular flexibility index (Phi) is 4.76. The Hall–Kier alpha value is -1.67. The lowest BCUT2D eigenvalue weighted by molar-refractivity contribution is 0.0997. The van der Waals surface area contributed by atoms with E-state index in [0.29, 0.717) is 20.4 Å². The quantitative estimate of drug-likeness (QED) is 0.641. The highest BCUT2D eigenvalue weighted by molar-refractivity contribution is 7.90. The Morgan fingerprint density at radius 1 is 1.16 bits per heavy atom. The molecule has 0 unspecified atom stereocenters. The van der Waals surface area contributed by atoms with Crippen LogP contribution in [0.4, 0.5) is 0 Å². The van der Waals surface area contributed by atoms with Crippen molar-refractivity contribution in [3.05, 3.63) is 56.8 Å². The summed E-state index contributed by atoms with van der Waals surface area (Å²) < 4.78 is 25.7. The van der Waals surface area contributed by atoms with Gasteiger partial charge in [0, 0.05) is 18.9 Å². The van der Waals surface area contributed by atoms with Gasteiger partial charge in [-0.15, -0.1) is 0 Å². The molecule has 5 nitrogen and oxygen atoms in total. The number of benzene rings is 2. The summed E-state index contributed by atoms with van der Waals surface area (Å²) in [6, 6.07) is 9.15. The Balaban J connectivity index is 2.15. The van der Waals surface area contributed by atoms with E-state index in [1.165, 1.54) is 35.6 Å². The minimum atomic E-state index is -3.40. The van der Waals surface area contributed by atoms with Gasteiger partial charge in [-0.25, -0.2) is 8.42 Å². The molecule has 0 saturated heterocycles. The van der Waals surface area contributed by atoms with Gasteiger partial charge in [0.05, 0.1) is 25.2 Å². The molecule has 2 aromatic carbocycles. The number of carbonyl (C=O) groups excluding carboxylic acids is 1. The lowest BCUT2D eigenvalue weighted by Crippen LogP contribution is -2.13. The first kappa shape index (κ1) is 18.1. The molecule has 0 bridgehead atoms. The number of hydrogen-bond acceptors (Lipinski definition) is 4. The van der Waals surface area contributed by atoms with Crippen molar-refractivity contribution in [3.8, 4) is 0 Å². The zero-order valence-corrected chi connectivity index (χ0v) is 16.3. The normalized spacial score (nSPS) is 12.7. The van der Waals surface area contributed by atoms with Gasteiger partial charge in [0.1, 0.15) is 0 Å². The average Bonchev–Trinajstić information content (AvgIpc) is 2.88. The predicted octanol–water partition coefficient (Wildman–Crippen LogP) is 3.69. The van der Waals surface area contributed by atoms with Crippen molar-refractivity contribution >= 4 is 60.5 Å². The van der Waals surface area contributed by atoms with Crippen LogP contribution < -0.4 is 4.80 Å². The number of aryl methyl sites for hydroxylation is 1. The maximum absolute atomic E-state index is 12.5. The van der Waals surface area contributed by atoms with Gasteiger partial charge in [-0.3, -0.25) is 4.79 Å². The Morgan fingerprint density at radius 3 is 2.48 bits per heavy atom. The fraction of sp³-hybridized carbons (Fsp3) is 0.125. The van der Waals surface area contributed by atoms with Crippen LogP contribution in [-0.2, 0) is 16.9 Å². The molecule has 1 amide bonds. The van der Waals surface area contributed by atoms with E-state index in [9.17, 15) is 13.2 Å². The van der Waals surface area contributed by atoms with Crippen molar-refractivity contribution in [1.82, 2.24) is 4.57 Å². The number of halogens is 2. The third-order valence-electron chi connectivity index (χ3n) is 3.56. The van der Waals surface area contributed by atoms with E-state index < -0.39 is 15.7 Å². The Bertz CT molecular complexity index is 1180. The molecular weight excluding hydrogens is 403 g/mol. The largest absolute Gasteiger partial charge is 0.318 e. The number of nitrogens with zero attached hydrogens (tertiary/aromatic N) is 2. The van der Waals surface area contributed by atoms with Crippen LogP contribution in [0.5, 0.6) is 0 Å². The molecule has 3 rings (SSSR count). The van der Waals surface area contributed by atoms with Crippen molar-refractivity contribution in [1.29, 1.82) is 0 Å². The van der Waals surface area contributed by atoms with Crippen LogP contribution >= 0.6 is 34.5 Å². The molecule has 3 aromatic rings. The van der Waals surface area contributed by atoms with Gasteiger partial charge in [-0.1, -0.05) is 40.6 Å². The number of carbonyl (C=O) groups is 1. The second-order valence-electron chi connectivity index (χ2n) is 5.37. The van der Waals surface area contributed by atoms with Crippen molar-refractivity contribution in [2.24, 2.45) is 12.0 Å². The number of hydrogen-bond donors (Lipinski definition) is 0. The number of amides is 1. The molecule has 0 saturated carbocycles. The first-order chi connectivity index (χ1) is 11.7. The average molecular weight is 415 g/mol. The molecular formula is C16H12Cl2N2O3S2. The zero-order valence-electron chi connectivity index (χ0n) is 13.2. The van der Waals surface area contributed by atoms with Crippen LogP contribution in [0.15, 0.2) is 46.3 Å². The van der Waals surface area contributed by atoms with E-state index in [1.54, 1.807) is 23.7 Å². The maximum atomic E-state index is 12.5. The number of aromatic nitrogens is 1. The summed E-state index contributed by atoms with van der Waals surface area (Å²) in [6.45, 7) is 0. The van der Waals surface area contributed by atoms with Crippen molar-refractivity contribution in [3.63, 3.8) is 0 Å². The molecule has 130 valence electrons. The minimum absolute atomic E-state index is 0.0698. The molecule has 1 aromatic heterocycles. The number of sulfone groups is 1. The molecule has 25 heavy (non-hydrogen) atoms. The van der Waals surface area contributed by atoms with Gasteiger partial charge in [-0.2, -0.15) is 4.99 Å². The summed E-state index contributed by atoms with van der Waals surface area (Å²) in [4.78, 5) is 17.0. The van der Waals surface area contributed by atoms with Crippen molar-refractivity contribution in [2.45, 2.75) is 4.90 Å². The van der Waals surface area contributed by atoms with Crippen LogP contribution in [0.3, 0.4) is 0 Å². The van der Waals surface area contributed by atoms with Crippen molar-refractivity contribution in [2.75, 3.05) is 6.26 Å². The second-order valence-corrected chi connectivity index (χ2v) is 9.18. The van der Waals surface area contributed by atoms with E-state index in [0.717, 1.165) is 11.0 Å². The molecule has 0 aliphatic carbocycles. The first-order valence-corrected chi connectivity index (χ1v) is 10.5. The zero-order chi connectivity index (χ0) is 18.4. The molecule has 0 N–H and O–H groups in total. The molecule has 0 aliphatic heterocycles. The van der Waals surface area contributed by atoms with Gasteiger partial charge >= 0.3 is 0 Å². The Morgan fingerprint density at radius 2 is 1.84 bits per heavy atom. The Labute approximate surface area is 158 Å². The fourth-order valence-corrected chi connectivity index (χ4v) is 4.62. The molecule has 1 heterocycles. The predicted molar refractivity (Wildman–Crippen MR) is 100 cm³/mol. The molecule has 9 heteroatoms. The fourth-order valence-electron chi connectivity index (χ4n) is 2.30. The number of thiazole rings is 1. The highest BCUT2D eigenvalue weighted by atomic mass is 35.5. The molecule has 0 fully saturated rings. The first-order valence-electron chi connectivity index (χ1n) is 7.01. The topological polar surface area (TPSA) is 68.5 Å². The van der Waals surface area contributed by atoms with Crippen LogP contribution in [0, 0.1) is 0 Å². The minimum Gasteiger partial charge on any atom is -0.318 e. The lowest BCUT2D eigenvalue weighted by Gasteiger charge is -2.01. The highest BCUT2D eigenvalue weighted by Gasteiger charge is 2.14. The maximum Gasteiger partial charge on any atom is 0.279 e. The SMILES string of the molecule is Cn1c(=NC(=O)c2cccc(S(C)(=O)=O)c2)sc2c(Cl)ccc(Cl)c21. The second kappa shape index (κ2) is 6.57. The standard InChI is InChI=1S/C16H12Cl2N2O3S2/c1-20-13-11(17)6-7-12(18)14(13)24-16(20)19-15(21)9-4-3-5-10(8-9)25(2,22)23/h3-8H,1-2H3. The van der Waals surface area contributed by atoms with Crippen LogP contribution in [0.25, 0.3) is 10.2 Å². The van der Waals surface area contributed by atoms with Gasteiger partial charge < -0.3 is 4.57 Å².